The molecule has 0 saturated carbocycles. The van der Waals surface area contributed by atoms with Crippen LogP contribution in [0, 0.1) is 5.92 Å². The first kappa shape index (κ1) is 10.2. The summed E-state index contributed by atoms with van der Waals surface area (Å²) in [5.74, 6) is 2.74. The second-order valence-electron chi connectivity index (χ2n) is 6.15. The van der Waals surface area contributed by atoms with Gasteiger partial charge in [-0.2, -0.15) is 0 Å². The quantitative estimate of drug-likeness (QED) is 0.640. The van der Waals surface area contributed by atoms with E-state index in [1.165, 1.54) is 38.6 Å². The molecule has 3 aliphatic carbocycles. The summed E-state index contributed by atoms with van der Waals surface area (Å²) in [5, 5.41) is 2.71. The molecule has 6 rings (SSSR count). The van der Waals surface area contributed by atoms with E-state index < -0.39 is 0 Å². The molecule has 1 aliphatic heterocycles. The molecule has 0 aromatic heterocycles. The highest BCUT2D eigenvalue weighted by atomic mass is 16.6. The van der Waals surface area contributed by atoms with Crippen molar-refractivity contribution >= 4 is 16.3 Å². The Hall–Kier alpha value is -2.54. The highest BCUT2D eigenvalue weighted by Crippen LogP contribution is 2.60. The normalized spacial score (nSPS) is 23.6. The molecule has 0 amide bonds. The Balaban J connectivity index is 1.74. The van der Waals surface area contributed by atoms with Crippen LogP contribution in [0.1, 0.15) is 11.1 Å². The minimum absolute atomic E-state index is 0.461. The van der Waals surface area contributed by atoms with Crippen molar-refractivity contribution in [3.8, 4) is 0 Å². The topological polar surface area (TPSA) is 12.5 Å². The fourth-order valence-electron chi connectivity index (χ4n) is 4.21. The Morgan fingerprint density at radius 2 is 1.95 bits per heavy atom. The molecule has 0 N–H and O–H groups in total. The lowest BCUT2D eigenvalue weighted by Gasteiger charge is -2.31. The van der Waals surface area contributed by atoms with E-state index in [-0.39, 0.29) is 0 Å². The molecule has 1 atom stereocenters. The van der Waals surface area contributed by atoms with Crippen molar-refractivity contribution in [1.82, 2.24) is 0 Å². The molecule has 98 valence electrons. The van der Waals surface area contributed by atoms with Crippen LogP contribution in [0.25, 0.3) is 16.3 Å². The van der Waals surface area contributed by atoms with Crippen LogP contribution in [0.4, 0.5) is 0 Å². The smallest absolute Gasteiger partial charge is 0.175 e. The van der Waals surface area contributed by atoms with Gasteiger partial charge in [-0.05, 0) is 28.3 Å². The molecule has 1 saturated heterocycles. The maximum atomic E-state index is 5.76. The molecular formula is C20H12O. The van der Waals surface area contributed by atoms with Crippen LogP contribution in [0.5, 0.6) is 0 Å². The predicted molar refractivity (Wildman–Crippen MR) is 83.4 cm³/mol. The molecule has 1 nitrogen and oxygen atoms in total. The van der Waals surface area contributed by atoms with Crippen molar-refractivity contribution in [3.63, 3.8) is 0 Å². The Morgan fingerprint density at radius 3 is 2.95 bits per heavy atom. The van der Waals surface area contributed by atoms with Crippen LogP contribution < -0.4 is 0 Å². The average molecular weight is 268 g/mol. The van der Waals surface area contributed by atoms with E-state index in [0.717, 1.165) is 17.9 Å². The molecule has 1 heterocycles. The second-order valence-corrected chi connectivity index (χ2v) is 6.15. The van der Waals surface area contributed by atoms with Gasteiger partial charge in [0.25, 0.3) is 0 Å². The molecule has 0 spiro atoms. The predicted octanol–water partition coefficient (Wildman–Crippen LogP) is 4.52. The van der Waals surface area contributed by atoms with Crippen molar-refractivity contribution in [1.29, 1.82) is 0 Å². The molecular weight excluding hydrogens is 256 g/mol. The van der Waals surface area contributed by atoms with Gasteiger partial charge >= 0.3 is 0 Å². The minimum Gasteiger partial charge on any atom is -0.449 e. The summed E-state index contributed by atoms with van der Waals surface area (Å²) in [4.78, 5) is 0. The van der Waals surface area contributed by atoms with Crippen LogP contribution >= 0.6 is 0 Å². The maximum Gasteiger partial charge on any atom is 0.175 e. The standard InChI is InChI=1S/C20H12O/c1-2-6-13-11(4-1)8-9-14-16(13)10-12-5-3-7-15-17(12)18(14)20-19(15)21-20/h1-9,17H,10H2. The van der Waals surface area contributed by atoms with Crippen molar-refractivity contribution in [3.05, 3.63) is 88.4 Å². The third-order valence-corrected chi connectivity index (χ3v) is 5.14. The molecule has 1 unspecified atom stereocenters. The molecule has 1 heteroatoms. The first-order valence-corrected chi connectivity index (χ1v) is 7.46. The Kier molecular flexibility index (Phi) is 1.56. The summed E-state index contributed by atoms with van der Waals surface area (Å²) in [6.07, 6.45) is 7.74. The van der Waals surface area contributed by atoms with Gasteiger partial charge in [-0.3, -0.25) is 0 Å². The first-order valence-electron chi connectivity index (χ1n) is 7.46. The van der Waals surface area contributed by atoms with Gasteiger partial charge < -0.3 is 4.74 Å². The number of benzene rings is 2. The van der Waals surface area contributed by atoms with E-state index in [9.17, 15) is 0 Å². The van der Waals surface area contributed by atoms with Gasteiger partial charge in [0.1, 0.15) is 0 Å². The van der Waals surface area contributed by atoms with Crippen LogP contribution in [0.3, 0.4) is 0 Å². The minimum atomic E-state index is 0.461. The Labute approximate surface area is 122 Å². The summed E-state index contributed by atoms with van der Waals surface area (Å²) in [6, 6.07) is 13.2. The van der Waals surface area contributed by atoms with E-state index in [2.05, 4.69) is 54.6 Å². The summed E-state index contributed by atoms with van der Waals surface area (Å²) in [5.41, 5.74) is 7.15. The molecule has 2 aromatic carbocycles. The van der Waals surface area contributed by atoms with Crippen LogP contribution in [0.15, 0.2) is 77.3 Å². The zero-order valence-electron chi connectivity index (χ0n) is 11.4. The zero-order chi connectivity index (χ0) is 13.6. The molecule has 0 radical (unpaired) electrons. The third kappa shape index (κ3) is 1.10. The third-order valence-electron chi connectivity index (χ3n) is 5.14. The van der Waals surface area contributed by atoms with Gasteiger partial charge in [0.2, 0.25) is 0 Å². The summed E-state index contributed by atoms with van der Waals surface area (Å²) < 4.78 is 5.76. The largest absolute Gasteiger partial charge is 0.449 e. The monoisotopic (exact) mass is 268 g/mol. The number of ether oxygens (including phenoxy) is 1. The number of hydrogen-bond acceptors (Lipinski definition) is 1. The van der Waals surface area contributed by atoms with Crippen molar-refractivity contribution < 1.29 is 4.74 Å². The lowest BCUT2D eigenvalue weighted by atomic mass is 9.72. The number of hydrogen-bond donors (Lipinski definition) is 0. The molecule has 1 fully saturated rings. The molecule has 0 bridgehead atoms. The highest BCUT2D eigenvalue weighted by molar-refractivity contribution is 5.97. The number of rotatable bonds is 0. The number of allylic oxidation sites excluding steroid dienone is 6. The lowest BCUT2D eigenvalue weighted by molar-refractivity contribution is 0.536. The van der Waals surface area contributed by atoms with Gasteiger partial charge in [0.05, 0.1) is 0 Å². The zero-order valence-corrected chi connectivity index (χ0v) is 11.4. The number of epoxide rings is 1. The van der Waals surface area contributed by atoms with Crippen LogP contribution in [-0.4, -0.2) is 0 Å². The molecule has 21 heavy (non-hydrogen) atoms. The molecule has 2 aromatic rings. The van der Waals surface area contributed by atoms with Gasteiger partial charge in [-0.25, -0.2) is 0 Å². The highest BCUT2D eigenvalue weighted by Gasteiger charge is 2.49. The average Bonchev–Trinajstić information content (AvgIpc) is 3.26. The van der Waals surface area contributed by atoms with Crippen molar-refractivity contribution in [2.75, 3.05) is 0 Å². The van der Waals surface area contributed by atoms with Gasteiger partial charge in [-0.1, -0.05) is 60.2 Å². The van der Waals surface area contributed by atoms with Crippen LogP contribution in [-0.2, 0) is 11.2 Å². The SMILES string of the molecule is C1=CC2=C3OC3=C3c4ccc5ccccc5c4CC(=C1)C23. The van der Waals surface area contributed by atoms with Gasteiger partial charge in [0.15, 0.2) is 11.5 Å². The Bertz CT molecular complexity index is 982. The van der Waals surface area contributed by atoms with Crippen LogP contribution in [0.2, 0.25) is 0 Å². The Morgan fingerprint density at radius 1 is 1.00 bits per heavy atom. The fraction of sp³-hybridized carbons (Fsp3) is 0.100. The second kappa shape index (κ2) is 3.20. The summed E-state index contributed by atoms with van der Waals surface area (Å²) >= 11 is 0. The fourth-order valence-corrected chi connectivity index (χ4v) is 4.21. The van der Waals surface area contributed by atoms with Crippen molar-refractivity contribution in [2.45, 2.75) is 6.42 Å². The van der Waals surface area contributed by atoms with E-state index >= 15 is 0 Å². The maximum absolute atomic E-state index is 5.76. The van der Waals surface area contributed by atoms with E-state index in [0.29, 0.717) is 5.92 Å². The van der Waals surface area contributed by atoms with Crippen molar-refractivity contribution in [2.24, 2.45) is 5.92 Å². The summed E-state index contributed by atoms with van der Waals surface area (Å²) in [6.45, 7) is 0. The first-order chi connectivity index (χ1) is 10.4. The summed E-state index contributed by atoms with van der Waals surface area (Å²) in [7, 11) is 0. The van der Waals surface area contributed by atoms with E-state index in [4.69, 9.17) is 4.74 Å². The lowest BCUT2D eigenvalue weighted by Crippen LogP contribution is -2.18. The number of fused-ring (bicyclic) bond motifs is 5. The van der Waals surface area contributed by atoms with E-state index in [1.54, 1.807) is 0 Å². The van der Waals surface area contributed by atoms with E-state index in [1.807, 2.05) is 0 Å². The van der Waals surface area contributed by atoms with Gasteiger partial charge in [-0.15, -0.1) is 0 Å². The molecule has 4 aliphatic rings. The van der Waals surface area contributed by atoms with Gasteiger partial charge in [0, 0.05) is 17.1 Å².